The van der Waals surface area contributed by atoms with Gasteiger partial charge in [-0.15, -0.1) is 0 Å². The van der Waals surface area contributed by atoms with Crippen LogP contribution in [0.2, 0.25) is 0 Å². The van der Waals surface area contributed by atoms with Crippen molar-refractivity contribution in [3.63, 3.8) is 0 Å². The minimum Gasteiger partial charge on any atom is -0.493 e. The summed E-state index contributed by atoms with van der Waals surface area (Å²) in [5.41, 5.74) is 2.55. The number of fused-ring (bicyclic) bond motifs is 2. The molecule has 210 valence electrons. The number of nitrogens with zero attached hydrogens (tertiary/aromatic N) is 3. The van der Waals surface area contributed by atoms with E-state index in [1.54, 1.807) is 37.6 Å². The molecule has 2 heterocycles. The molecule has 11 heteroatoms. The largest absolute Gasteiger partial charge is 0.493 e. The number of rotatable bonds is 7. The monoisotopic (exact) mass is 813 g/mol. The molecule has 0 atom stereocenters. The number of ether oxygens (including phenoxy) is 2. The van der Waals surface area contributed by atoms with Gasteiger partial charge in [0.2, 0.25) is 5.82 Å². The van der Waals surface area contributed by atoms with Crippen molar-refractivity contribution in [3.8, 4) is 23.1 Å². The lowest BCUT2D eigenvalue weighted by atomic mass is 10.2. The normalized spacial score (nSPS) is 11.5. The zero-order chi connectivity index (χ0) is 29.4. The van der Waals surface area contributed by atoms with Crippen molar-refractivity contribution in [2.24, 2.45) is 5.10 Å². The van der Waals surface area contributed by atoms with Crippen molar-refractivity contribution in [3.05, 3.63) is 118 Å². The lowest BCUT2D eigenvalue weighted by Gasteiger charge is -2.14. The molecule has 2 aromatic heterocycles. The van der Waals surface area contributed by atoms with Crippen molar-refractivity contribution in [2.75, 3.05) is 7.11 Å². The molecule has 0 unspecified atom stereocenters. The molecule has 0 saturated heterocycles. The van der Waals surface area contributed by atoms with Crippen molar-refractivity contribution in [1.82, 2.24) is 9.66 Å². The number of furan rings is 1. The number of halogens is 4. The number of benzene rings is 4. The van der Waals surface area contributed by atoms with Gasteiger partial charge in [-0.25, -0.2) is 4.98 Å². The molecule has 0 aliphatic rings. The van der Waals surface area contributed by atoms with E-state index in [1.165, 1.54) is 4.68 Å². The zero-order valence-corrected chi connectivity index (χ0v) is 28.1. The topological polar surface area (TPSA) is 78.9 Å². The van der Waals surface area contributed by atoms with Gasteiger partial charge in [0, 0.05) is 34.4 Å². The SMILES string of the molecule is COc1cc(C=Nn2c(-c3cc4cc(Br)ccc4o3)nc3ccccc3c2=O)c(Br)cc1OCc1ccc(Br)cc1Br. The number of hydrogen-bond acceptors (Lipinski definition) is 6. The van der Waals surface area contributed by atoms with Crippen LogP contribution in [0.4, 0.5) is 0 Å². The fourth-order valence-corrected chi connectivity index (χ4v) is 6.32. The number of aromatic nitrogens is 2. The fraction of sp³-hybridized carbons (Fsp3) is 0.0645. The molecule has 6 aromatic rings. The van der Waals surface area contributed by atoms with Gasteiger partial charge in [0.25, 0.3) is 5.56 Å². The first-order valence-corrected chi connectivity index (χ1v) is 15.7. The summed E-state index contributed by atoms with van der Waals surface area (Å²) in [5, 5.41) is 5.89. The molecule has 0 saturated carbocycles. The summed E-state index contributed by atoms with van der Waals surface area (Å²) < 4.78 is 22.6. The molecule has 0 spiro atoms. The number of methoxy groups -OCH3 is 1. The van der Waals surface area contributed by atoms with Crippen LogP contribution in [0, 0.1) is 0 Å². The summed E-state index contributed by atoms with van der Waals surface area (Å²) in [6.45, 7) is 0.333. The Labute approximate surface area is 273 Å². The van der Waals surface area contributed by atoms with Gasteiger partial charge in [0.05, 0.1) is 24.2 Å². The Morgan fingerprint density at radius 2 is 1.69 bits per heavy atom. The third-order valence-corrected chi connectivity index (χ3v) is 8.86. The maximum Gasteiger partial charge on any atom is 0.282 e. The van der Waals surface area contributed by atoms with E-state index in [-0.39, 0.29) is 11.4 Å². The molecule has 6 rings (SSSR count). The van der Waals surface area contributed by atoms with E-state index in [9.17, 15) is 4.79 Å². The molecule has 7 nitrogen and oxygen atoms in total. The van der Waals surface area contributed by atoms with Crippen LogP contribution in [0.5, 0.6) is 11.5 Å². The van der Waals surface area contributed by atoms with Gasteiger partial charge in [-0.05, 0) is 76.6 Å². The van der Waals surface area contributed by atoms with E-state index >= 15 is 0 Å². The van der Waals surface area contributed by atoms with Crippen LogP contribution in [0.25, 0.3) is 33.5 Å². The van der Waals surface area contributed by atoms with E-state index in [4.69, 9.17) is 18.9 Å². The van der Waals surface area contributed by atoms with E-state index in [0.717, 1.165) is 24.4 Å². The average Bonchev–Trinajstić information content (AvgIpc) is 3.40. The second kappa shape index (κ2) is 12.2. The van der Waals surface area contributed by atoms with Crippen LogP contribution in [0.1, 0.15) is 11.1 Å². The lowest BCUT2D eigenvalue weighted by Crippen LogP contribution is -2.20. The fourth-order valence-electron chi connectivity index (χ4n) is 4.35. The zero-order valence-electron chi connectivity index (χ0n) is 21.8. The van der Waals surface area contributed by atoms with Gasteiger partial charge in [-0.3, -0.25) is 4.79 Å². The highest BCUT2D eigenvalue weighted by molar-refractivity contribution is 9.11. The van der Waals surface area contributed by atoms with E-state index in [1.807, 2.05) is 54.6 Å². The van der Waals surface area contributed by atoms with Crippen molar-refractivity contribution in [1.29, 1.82) is 0 Å². The minimum atomic E-state index is -0.323. The average molecular weight is 817 g/mol. The molecule has 0 fully saturated rings. The summed E-state index contributed by atoms with van der Waals surface area (Å²) >= 11 is 14.2. The minimum absolute atomic E-state index is 0.283. The molecular weight excluding hydrogens is 798 g/mol. The first-order chi connectivity index (χ1) is 20.3. The first kappa shape index (κ1) is 28.9. The molecule has 0 aliphatic heterocycles. The maximum atomic E-state index is 13.6. The van der Waals surface area contributed by atoms with Crippen LogP contribution < -0.4 is 15.0 Å². The highest BCUT2D eigenvalue weighted by Crippen LogP contribution is 2.35. The quantitative estimate of drug-likeness (QED) is 0.150. The second-order valence-electron chi connectivity index (χ2n) is 9.16. The Morgan fingerprint density at radius 1 is 0.905 bits per heavy atom. The molecule has 0 bridgehead atoms. The highest BCUT2D eigenvalue weighted by atomic mass is 79.9. The second-order valence-corrected chi connectivity index (χ2v) is 12.7. The van der Waals surface area contributed by atoms with Crippen LogP contribution in [-0.2, 0) is 6.61 Å². The van der Waals surface area contributed by atoms with Gasteiger partial charge < -0.3 is 13.9 Å². The van der Waals surface area contributed by atoms with Crippen LogP contribution in [0.3, 0.4) is 0 Å². The van der Waals surface area contributed by atoms with Crippen molar-refractivity contribution >= 4 is 91.8 Å². The lowest BCUT2D eigenvalue weighted by molar-refractivity contribution is 0.283. The summed E-state index contributed by atoms with van der Waals surface area (Å²) in [4.78, 5) is 18.4. The van der Waals surface area contributed by atoms with E-state index < -0.39 is 0 Å². The van der Waals surface area contributed by atoms with Gasteiger partial charge in [-0.2, -0.15) is 9.78 Å². The number of para-hydroxylation sites is 1. The van der Waals surface area contributed by atoms with Crippen LogP contribution in [0.15, 0.2) is 111 Å². The molecule has 0 radical (unpaired) electrons. The standard InChI is InChI=1S/C31H19Br4N3O4/c1-40-27-12-19(24(35)14-28(27)41-16-17-6-7-21(33)13-23(17)34)15-36-38-30(37-25-5-3-2-4-22(25)31(38)39)29-11-18-10-20(32)8-9-26(18)42-29/h2-15H,16H2,1H3. The highest BCUT2D eigenvalue weighted by Gasteiger charge is 2.17. The molecule has 4 aromatic carbocycles. The Balaban J connectivity index is 1.39. The van der Waals surface area contributed by atoms with Crippen LogP contribution in [-0.4, -0.2) is 23.0 Å². The van der Waals surface area contributed by atoms with Gasteiger partial charge in [0.1, 0.15) is 12.2 Å². The number of hydrogen-bond donors (Lipinski definition) is 0. The van der Waals surface area contributed by atoms with Gasteiger partial charge in [-0.1, -0.05) is 66.0 Å². The Kier molecular flexibility index (Phi) is 8.35. The first-order valence-electron chi connectivity index (χ1n) is 12.5. The van der Waals surface area contributed by atoms with E-state index in [0.29, 0.717) is 50.4 Å². The van der Waals surface area contributed by atoms with Gasteiger partial charge >= 0.3 is 0 Å². The predicted octanol–water partition coefficient (Wildman–Crippen LogP) is 9.33. The maximum absolute atomic E-state index is 13.6. The third kappa shape index (κ3) is 5.83. The van der Waals surface area contributed by atoms with E-state index in [2.05, 4.69) is 68.8 Å². The summed E-state index contributed by atoms with van der Waals surface area (Å²) in [5.74, 6) is 1.77. The summed E-state index contributed by atoms with van der Waals surface area (Å²) in [6, 6.07) is 24.2. The molecule has 0 amide bonds. The molecular formula is C31H19Br4N3O4. The molecule has 0 N–H and O–H groups in total. The summed E-state index contributed by atoms with van der Waals surface area (Å²) in [7, 11) is 1.57. The molecule has 42 heavy (non-hydrogen) atoms. The Morgan fingerprint density at radius 3 is 2.50 bits per heavy atom. The van der Waals surface area contributed by atoms with Crippen molar-refractivity contribution < 1.29 is 13.9 Å². The molecule has 0 aliphatic carbocycles. The van der Waals surface area contributed by atoms with Crippen LogP contribution >= 0.6 is 63.7 Å². The third-order valence-electron chi connectivity index (χ3n) is 6.45. The van der Waals surface area contributed by atoms with Crippen molar-refractivity contribution in [2.45, 2.75) is 6.61 Å². The van der Waals surface area contributed by atoms with Gasteiger partial charge in [0.15, 0.2) is 17.3 Å². The predicted molar refractivity (Wildman–Crippen MR) is 179 cm³/mol. The Bertz CT molecular complexity index is 2070. The summed E-state index contributed by atoms with van der Waals surface area (Å²) in [6.07, 6.45) is 1.57. The Hall–Kier alpha value is -3.25. The smallest absolute Gasteiger partial charge is 0.282 e.